The summed E-state index contributed by atoms with van der Waals surface area (Å²) in [4.78, 5) is 30.1. The number of morpholine rings is 1. The van der Waals surface area contributed by atoms with Crippen molar-refractivity contribution >= 4 is 17.4 Å². The highest BCUT2D eigenvalue weighted by Crippen LogP contribution is 2.40. The minimum Gasteiger partial charge on any atom is -0.508 e. The van der Waals surface area contributed by atoms with Crippen LogP contribution in [0, 0.1) is 0 Å². The summed E-state index contributed by atoms with van der Waals surface area (Å²) in [5.41, 5.74) is 1.14. The molecule has 8 heteroatoms. The van der Waals surface area contributed by atoms with Crippen LogP contribution >= 0.6 is 0 Å². The second kappa shape index (κ2) is 12.1. The quantitative estimate of drug-likeness (QED) is 0.225. The largest absolute Gasteiger partial charge is 0.508 e. The van der Waals surface area contributed by atoms with Gasteiger partial charge < -0.3 is 24.6 Å². The summed E-state index contributed by atoms with van der Waals surface area (Å²) < 4.78 is 11.1. The van der Waals surface area contributed by atoms with Crippen LogP contribution in [0.2, 0.25) is 0 Å². The Morgan fingerprint density at radius 3 is 2.36 bits per heavy atom. The number of rotatable bonds is 10. The Morgan fingerprint density at radius 2 is 1.69 bits per heavy atom. The van der Waals surface area contributed by atoms with Gasteiger partial charge in [-0.3, -0.25) is 14.5 Å². The van der Waals surface area contributed by atoms with Crippen molar-refractivity contribution in [3.05, 3.63) is 65.2 Å². The number of unbranched alkanes of at least 4 members (excludes halogenated alkanes) is 1. The lowest BCUT2D eigenvalue weighted by molar-refractivity contribution is -0.140. The van der Waals surface area contributed by atoms with E-state index in [0.717, 1.165) is 32.5 Å². The van der Waals surface area contributed by atoms with Gasteiger partial charge in [0.25, 0.3) is 11.7 Å². The van der Waals surface area contributed by atoms with Crippen molar-refractivity contribution in [3.8, 4) is 11.5 Å². The van der Waals surface area contributed by atoms with Crippen LogP contribution in [-0.2, 0) is 14.3 Å². The number of hydrogen-bond donors (Lipinski definition) is 2. The van der Waals surface area contributed by atoms with Gasteiger partial charge in [0.05, 0.1) is 31.4 Å². The molecule has 192 valence electrons. The van der Waals surface area contributed by atoms with Gasteiger partial charge >= 0.3 is 0 Å². The number of carbonyl (C=O) groups is 2. The molecule has 8 nitrogen and oxygen atoms in total. The second-order valence-corrected chi connectivity index (χ2v) is 9.12. The predicted molar refractivity (Wildman–Crippen MR) is 136 cm³/mol. The third-order valence-electron chi connectivity index (χ3n) is 6.62. The summed E-state index contributed by atoms with van der Waals surface area (Å²) in [6, 6.07) is 12.5. The van der Waals surface area contributed by atoms with E-state index < -0.39 is 17.7 Å². The fourth-order valence-electron chi connectivity index (χ4n) is 4.60. The molecule has 2 aromatic rings. The van der Waals surface area contributed by atoms with Crippen LogP contribution in [0.3, 0.4) is 0 Å². The van der Waals surface area contributed by atoms with E-state index in [4.69, 9.17) is 9.47 Å². The molecule has 2 aliphatic heterocycles. The summed E-state index contributed by atoms with van der Waals surface area (Å²) in [5.74, 6) is -0.793. The first-order valence-corrected chi connectivity index (χ1v) is 12.6. The highest BCUT2D eigenvalue weighted by Gasteiger charge is 2.45. The van der Waals surface area contributed by atoms with Gasteiger partial charge in [0.15, 0.2) is 0 Å². The number of ketones is 1. The van der Waals surface area contributed by atoms with E-state index in [2.05, 4.69) is 11.8 Å². The molecular weight excluding hydrogens is 460 g/mol. The monoisotopic (exact) mass is 494 g/mol. The molecule has 0 spiro atoms. The summed E-state index contributed by atoms with van der Waals surface area (Å²) in [5, 5.41) is 21.0. The lowest BCUT2D eigenvalue weighted by Gasteiger charge is -2.29. The number of aliphatic hydroxyl groups excluding tert-OH is 1. The molecule has 4 rings (SSSR count). The number of phenols is 1. The fourth-order valence-corrected chi connectivity index (χ4v) is 4.60. The van der Waals surface area contributed by atoms with Crippen molar-refractivity contribution in [1.29, 1.82) is 0 Å². The van der Waals surface area contributed by atoms with E-state index in [1.54, 1.807) is 36.4 Å². The Morgan fingerprint density at radius 1 is 1.00 bits per heavy atom. The van der Waals surface area contributed by atoms with Crippen LogP contribution in [0.25, 0.3) is 5.76 Å². The van der Waals surface area contributed by atoms with Crippen LogP contribution in [-0.4, -0.2) is 77.7 Å². The van der Waals surface area contributed by atoms with Crippen LogP contribution < -0.4 is 4.74 Å². The molecule has 1 atom stereocenters. The molecule has 2 heterocycles. The SMILES string of the molecule is CCCCOc1ccc(/C(O)=C2/C(=O)C(=O)N(CCCN3CCOCC3)C2c2ccc(O)cc2)cc1. The average Bonchev–Trinajstić information content (AvgIpc) is 3.15. The Labute approximate surface area is 211 Å². The molecule has 1 amide bonds. The van der Waals surface area contributed by atoms with Crippen molar-refractivity contribution < 1.29 is 29.3 Å². The van der Waals surface area contributed by atoms with Crippen molar-refractivity contribution in [2.24, 2.45) is 0 Å². The fraction of sp³-hybridized carbons (Fsp3) is 0.429. The first kappa shape index (κ1) is 25.7. The predicted octanol–water partition coefficient (Wildman–Crippen LogP) is 3.72. The van der Waals surface area contributed by atoms with Gasteiger partial charge in [0.1, 0.15) is 17.3 Å². The van der Waals surface area contributed by atoms with E-state index >= 15 is 0 Å². The number of aliphatic hydroxyl groups is 1. The van der Waals surface area contributed by atoms with E-state index in [1.165, 1.54) is 17.0 Å². The van der Waals surface area contributed by atoms with Crippen LogP contribution in [0.1, 0.15) is 43.4 Å². The van der Waals surface area contributed by atoms with Crippen molar-refractivity contribution in [2.75, 3.05) is 46.0 Å². The maximum Gasteiger partial charge on any atom is 0.295 e. The summed E-state index contributed by atoms with van der Waals surface area (Å²) in [6.45, 7) is 6.94. The van der Waals surface area contributed by atoms with Gasteiger partial charge in [0, 0.05) is 31.7 Å². The van der Waals surface area contributed by atoms with E-state index in [-0.39, 0.29) is 17.1 Å². The number of likely N-dealkylation sites (tertiary alicyclic amines) is 1. The first-order chi connectivity index (χ1) is 17.5. The molecule has 2 N–H and O–H groups in total. The number of amides is 1. The van der Waals surface area contributed by atoms with Gasteiger partial charge in [-0.25, -0.2) is 0 Å². The highest BCUT2D eigenvalue weighted by molar-refractivity contribution is 6.46. The van der Waals surface area contributed by atoms with E-state index in [1.807, 2.05) is 0 Å². The molecule has 2 saturated heterocycles. The number of nitrogens with zero attached hydrogens (tertiary/aromatic N) is 2. The molecule has 0 aromatic heterocycles. The van der Waals surface area contributed by atoms with Gasteiger partial charge in [-0.15, -0.1) is 0 Å². The number of hydrogen-bond acceptors (Lipinski definition) is 7. The molecule has 0 saturated carbocycles. The third-order valence-corrected chi connectivity index (χ3v) is 6.62. The number of carbonyl (C=O) groups excluding carboxylic acids is 2. The lowest BCUT2D eigenvalue weighted by Crippen LogP contribution is -2.38. The minimum atomic E-state index is -0.740. The average molecular weight is 495 g/mol. The zero-order valence-electron chi connectivity index (χ0n) is 20.7. The molecule has 0 radical (unpaired) electrons. The normalized spacial score (nSPS) is 20.1. The molecule has 36 heavy (non-hydrogen) atoms. The van der Waals surface area contributed by atoms with Gasteiger partial charge in [0.2, 0.25) is 0 Å². The first-order valence-electron chi connectivity index (χ1n) is 12.6. The van der Waals surface area contributed by atoms with Gasteiger partial charge in [-0.1, -0.05) is 25.5 Å². The van der Waals surface area contributed by atoms with Crippen molar-refractivity contribution in [2.45, 2.75) is 32.2 Å². The van der Waals surface area contributed by atoms with Crippen LogP contribution in [0.15, 0.2) is 54.1 Å². The standard InChI is InChI=1S/C28H34N2O6/c1-2-3-17-36-23-11-7-21(8-12-23)26(32)24-25(20-5-9-22(31)10-6-20)30(28(34)27(24)33)14-4-13-29-15-18-35-19-16-29/h5-12,25,31-32H,2-4,13-19H2,1H3/b26-24-. The number of Topliss-reactive ketones (excluding diaryl/α,β-unsaturated/α-hetero) is 1. The summed E-state index contributed by atoms with van der Waals surface area (Å²) in [6.07, 6.45) is 2.66. The highest BCUT2D eigenvalue weighted by atomic mass is 16.5. The molecule has 1 unspecified atom stereocenters. The number of phenolic OH excluding ortho intramolecular Hbond substituents is 1. The number of benzene rings is 2. The van der Waals surface area contributed by atoms with Gasteiger partial charge in [-0.05, 0) is 54.8 Å². The molecule has 2 fully saturated rings. The van der Waals surface area contributed by atoms with Crippen LogP contribution in [0.4, 0.5) is 0 Å². The van der Waals surface area contributed by atoms with E-state index in [0.29, 0.717) is 49.7 Å². The molecule has 2 aliphatic rings. The topological polar surface area (TPSA) is 99.5 Å². The van der Waals surface area contributed by atoms with Gasteiger partial charge in [-0.2, -0.15) is 0 Å². The maximum atomic E-state index is 13.2. The second-order valence-electron chi connectivity index (χ2n) is 9.12. The Kier molecular flexibility index (Phi) is 8.61. The van der Waals surface area contributed by atoms with Crippen molar-refractivity contribution in [3.63, 3.8) is 0 Å². The summed E-state index contributed by atoms with van der Waals surface area (Å²) >= 11 is 0. The maximum absolute atomic E-state index is 13.2. The molecule has 0 aliphatic carbocycles. The van der Waals surface area contributed by atoms with Crippen LogP contribution in [0.5, 0.6) is 11.5 Å². The third kappa shape index (κ3) is 5.88. The number of ether oxygens (including phenoxy) is 2. The Hall–Kier alpha value is -3.36. The summed E-state index contributed by atoms with van der Waals surface area (Å²) in [7, 11) is 0. The molecular formula is C28H34N2O6. The Balaban J connectivity index is 1.60. The smallest absolute Gasteiger partial charge is 0.295 e. The lowest BCUT2D eigenvalue weighted by atomic mass is 9.95. The molecule has 2 aromatic carbocycles. The minimum absolute atomic E-state index is 0.0525. The molecule has 0 bridgehead atoms. The zero-order chi connectivity index (χ0) is 25.5. The Bertz CT molecular complexity index is 1070. The number of aromatic hydroxyl groups is 1. The zero-order valence-corrected chi connectivity index (χ0v) is 20.7. The van der Waals surface area contributed by atoms with E-state index in [9.17, 15) is 19.8 Å². The van der Waals surface area contributed by atoms with Crippen molar-refractivity contribution in [1.82, 2.24) is 9.80 Å².